The summed E-state index contributed by atoms with van der Waals surface area (Å²) < 4.78 is 1.55. The summed E-state index contributed by atoms with van der Waals surface area (Å²) in [7, 11) is 0. The summed E-state index contributed by atoms with van der Waals surface area (Å²) in [6.45, 7) is 0.626. The molecule has 0 aliphatic heterocycles. The van der Waals surface area contributed by atoms with Gasteiger partial charge in [0.05, 0.1) is 5.39 Å². The van der Waals surface area contributed by atoms with Crippen LogP contribution in [0.4, 0.5) is 0 Å². The highest BCUT2D eigenvalue weighted by Crippen LogP contribution is 2.33. The summed E-state index contributed by atoms with van der Waals surface area (Å²) in [5.74, 6) is 0. The van der Waals surface area contributed by atoms with Crippen LogP contribution in [0.2, 0.25) is 0 Å². The van der Waals surface area contributed by atoms with E-state index in [9.17, 15) is 4.79 Å². The van der Waals surface area contributed by atoms with Crippen LogP contribution >= 0.6 is 11.3 Å². The fourth-order valence-electron chi connectivity index (χ4n) is 3.33. The molecular formula is C18H19N3OS. The van der Waals surface area contributed by atoms with Crippen LogP contribution in [0.5, 0.6) is 0 Å². The number of fused-ring (bicyclic) bond motifs is 3. The third kappa shape index (κ3) is 2.81. The van der Waals surface area contributed by atoms with Gasteiger partial charge in [0.15, 0.2) is 4.83 Å². The first-order valence-corrected chi connectivity index (χ1v) is 9.06. The van der Waals surface area contributed by atoms with Crippen LogP contribution in [0.25, 0.3) is 10.2 Å². The lowest BCUT2D eigenvalue weighted by Crippen LogP contribution is -2.25. The second kappa shape index (κ2) is 6.24. The number of aryl methyl sites for hydroxylation is 4. The molecule has 4 nitrogen and oxygen atoms in total. The molecule has 0 fully saturated rings. The molecule has 0 N–H and O–H groups in total. The van der Waals surface area contributed by atoms with Crippen molar-refractivity contribution in [2.75, 3.05) is 0 Å². The molecule has 0 spiro atoms. The van der Waals surface area contributed by atoms with Gasteiger partial charge in [-0.2, -0.15) is 0 Å². The molecule has 23 heavy (non-hydrogen) atoms. The molecular weight excluding hydrogens is 306 g/mol. The van der Waals surface area contributed by atoms with Gasteiger partial charge in [-0.25, -0.2) is 4.68 Å². The summed E-state index contributed by atoms with van der Waals surface area (Å²) >= 11 is 1.66. The standard InChI is InChI=1S/C18H19N3OS/c22-18-16-14-10-4-5-11-15(14)23-17(16)19-20-21(18)12-6-9-13-7-2-1-3-8-13/h1-3,7-8H,4-6,9-12H2. The van der Waals surface area contributed by atoms with E-state index < -0.39 is 0 Å². The maximum Gasteiger partial charge on any atom is 0.278 e. The molecule has 1 aliphatic rings. The van der Waals surface area contributed by atoms with Crippen LogP contribution in [0.3, 0.4) is 0 Å². The number of thiophene rings is 1. The van der Waals surface area contributed by atoms with Crippen LogP contribution in [-0.2, 0) is 25.8 Å². The van der Waals surface area contributed by atoms with Crippen molar-refractivity contribution in [2.24, 2.45) is 0 Å². The smallest absolute Gasteiger partial charge is 0.267 e. The van der Waals surface area contributed by atoms with Gasteiger partial charge in [-0.05, 0) is 49.7 Å². The second-order valence-corrected chi connectivity index (χ2v) is 7.18. The van der Waals surface area contributed by atoms with Crippen molar-refractivity contribution in [2.45, 2.75) is 45.1 Å². The molecule has 118 valence electrons. The molecule has 2 aromatic heterocycles. The van der Waals surface area contributed by atoms with Gasteiger partial charge < -0.3 is 0 Å². The maximum absolute atomic E-state index is 12.8. The number of hydrogen-bond acceptors (Lipinski definition) is 4. The zero-order valence-electron chi connectivity index (χ0n) is 13.0. The quantitative estimate of drug-likeness (QED) is 0.739. The van der Waals surface area contributed by atoms with Crippen molar-refractivity contribution >= 4 is 21.6 Å². The predicted octanol–water partition coefficient (Wildman–Crippen LogP) is 3.36. The minimum Gasteiger partial charge on any atom is -0.267 e. The van der Waals surface area contributed by atoms with Crippen LogP contribution in [0.1, 0.15) is 35.3 Å². The summed E-state index contributed by atoms with van der Waals surface area (Å²) in [5, 5.41) is 9.28. The van der Waals surface area contributed by atoms with Crippen molar-refractivity contribution in [3.8, 4) is 0 Å². The third-order valence-corrected chi connectivity index (χ3v) is 5.70. The molecule has 0 amide bonds. The number of benzene rings is 1. The van der Waals surface area contributed by atoms with Gasteiger partial charge in [-0.1, -0.05) is 35.5 Å². The number of hydrogen-bond donors (Lipinski definition) is 0. The summed E-state index contributed by atoms with van der Waals surface area (Å²) in [5.41, 5.74) is 2.58. The van der Waals surface area contributed by atoms with E-state index in [4.69, 9.17) is 0 Å². The normalized spacial score (nSPS) is 14.1. The molecule has 0 saturated carbocycles. The number of nitrogens with zero attached hydrogens (tertiary/aromatic N) is 3. The van der Waals surface area contributed by atoms with E-state index in [0.717, 1.165) is 35.9 Å². The van der Waals surface area contributed by atoms with Crippen LogP contribution in [0, 0.1) is 0 Å². The fraction of sp³-hybridized carbons (Fsp3) is 0.389. The second-order valence-electron chi connectivity index (χ2n) is 6.10. The molecule has 0 radical (unpaired) electrons. The van der Waals surface area contributed by atoms with E-state index in [0.29, 0.717) is 6.54 Å². The average molecular weight is 325 g/mol. The van der Waals surface area contributed by atoms with Gasteiger partial charge in [0, 0.05) is 11.4 Å². The Labute approximate surface area is 138 Å². The minimum absolute atomic E-state index is 0.0439. The Kier molecular flexibility index (Phi) is 3.95. The SMILES string of the molecule is O=c1c2c3c(sc2nnn1CCCc1ccccc1)CCCC3. The monoisotopic (exact) mass is 325 g/mol. The van der Waals surface area contributed by atoms with Crippen LogP contribution in [0.15, 0.2) is 35.1 Å². The molecule has 4 rings (SSSR count). The van der Waals surface area contributed by atoms with Crippen molar-refractivity contribution < 1.29 is 0 Å². The predicted molar refractivity (Wildman–Crippen MR) is 93.1 cm³/mol. The Bertz CT molecular complexity index is 882. The van der Waals surface area contributed by atoms with Gasteiger partial charge in [0.25, 0.3) is 5.56 Å². The molecule has 0 unspecified atom stereocenters. The van der Waals surface area contributed by atoms with Crippen LogP contribution in [-0.4, -0.2) is 15.0 Å². The Morgan fingerprint density at radius 2 is 1.96 bits per heavy atom. The van der Waals surface area contributed by atoms with Gasteiger partial charge in [0.2, 0.25) is 0 Å². The topological polar surface area (TPSA) is 47.8 Å². The highest BCUT2D eigenvalue weighted by molar-refractivity contribution is 7.18. The summed E-state index contributed by atoms with van der Waals surface area (Å²) in [4.78, 5) is 14.9. The van der Waals surface area contributed by atoms with Crippen molar-refractivity contribution in [3.63, 3.8) is 0 Å². The van der Waals surface area contributed by atoms with E-state index in [1.54, 1.807) is 16.0 Å². The molecule has 0 saturated heterocycles. The van der Waals surface area contributed by atoms with Gasteiger partial charge >= 0.3 is 0 Å². The third-order valence-electron chi connectivity index (χ3n) is 4.52. The van der Waals surface area contributed by atoms with Gasteiger partial charge in [0.1, 0.15) is 0 Å². The lowest BCUT2D eigenvalue weighted by atomic mass is 9.97. The van der Waals surface area contributed by atoms with Crippen LogP contribution < -0.4 is 5.56 Å². The van der Waals surface area contributed by atoms with E-state index in [1.807, 2.05) is 18.2 Å². The Morgan fingerprint density at radius 1 is 1.13 bits per heavy atom. The highest BCUT2D eigenvalue weighted by Gasteiger charge is 2.20. The lowest BCUT2D eigenvalue weighted by Gasteiger charge is -2.10. The molecule has 0 atom stereocenters. The zero-order chi connectivity index (χ0) is 15.6. The Hall–Kier alpha value is -2.01. The Morgan fingerprint density at radius 3 is 2.83 bits per heavy atom. The lowest BCUT2D eigenvalue weighted by molar-refractivity contribution is 0.525. The average Bonchev–Trinajstić information content (AvgIpc) is 2.97. The molecule has 1 aliphatic carbocycles. The molecule has 2 heterocycles. The molecule has 1 aromatic carbocycles. The molecule has 3 aromatic rings. The maximum atomic E-state index is 12.8. The fourth-order valence-corrected chi connectivity index (χ4v) is 4.53. The number of aromatic nitrogens is 3. The van der Waals surface area contributed by atoms with Crippen molar-refractivity contribution in [3.05, 3.63) is 56.7 Å². The van der Waals surface area contributed by atoms with E-state index >= 15 is 0 Å². The minimum atomic E-state index is 0.0439. The van der Waals surface area contributed by atoms with E-state index in [2.05, 4.69) is 22.4 Å². The molecule has 0 bridgehead atoms. The number of rotatable bonds is 4. The van der Waals surface area contributed by atoms with Gasteiger partial charge in [-0.3, -0.25) is 4.79 Å². The van der Waals surface area contributed by atoms with E-state index in [-0.39, 0.29) is 5.56 Å². The first kappa shape index (κ1) is 14.6. The first-order chi connectivity index (χ1) is 11.3. The Balaban J connectivity index is 1.58. The highest BCUT2D eigenvalue weighted by atomic mass is 32.1. The largest absolute Gasteiger partial charge is 0.278 e. The first-order valence-electron chi connectivity index (χ1n) is 8.25. The van der Waals surface area contributed by atoms with Crippen molar-refractivity contribution in [1.29, 1.82) is 0 Å². The summed E-state index contributed by atoms with van der Waals surface area (Å²) in [6, 6.07) is 10.4. The summed E-state index contributed by atoms with van der Waals surface area (Å²) in [6.07, 6.45) is 6.35. The zero-order valence-corrected chi connectivity index (χ0v) is 13.8. The molecule has 5 heteroatoms. The van der Waals surface area contributed by atoms with E-state index in [1.165, 1.54) is 28.8 Å². The van der Waals surface area contributed by atoms with Gasteiger partial charge in [-0.15, -0.1) is 16.4 Å². The van der Waals surface area contributed by atoms with Crippen molar-refractivity contribution in [1.82, 2.24) is 15.0 Å².